The zero-order valence-corrected chi connectivity index (χ0v) is 6.50. The molecule has 0 saturated carbocycles. The molecule has 5 heteroatoms. The van der Waals surface area contributed by atoms with Gasteiger partial charge in [0.2, 0.25) is 0 Å². The van der Waals surface area contributed by atoms with Crippen molar-refractivity contribution in [2.24, 2.45) is 0 Å². The Balaban J connectivity index is 2.27. The zero-order chi connectivity index (χ0) is 8.10. The number of hydrogen-bond donors (Lipinski definition) is 1. The fraction of sp³-hybridized carbons (Fsp3) is 0.833. The summed E-state index contributed by atoms with van der Waals surface area (Å²) < 4.78 is 5.07. The number of urea groups is 1. The molecule has 0 atom stereocenters. The third kappa shape index (κ3) is 2.36. The molecule has 0 aliphatic carbocycles. The first-order valence-corrected chi connectivity index (χ1v) is 3.50. The lowest BCUT2D eigenvalue weighted by Crippen LogP contribution is -2.45. The Labute approximate surface area is 65.2 Å². The van der Waals surface area contributed by atoms with E-state index in [0.29, 0.717) is 26.3 Å². The largest absolute Gasteiger partial charge is 0.378 e. The third-order valence-electron chi connectivity index (χ3n) is 1.49. The molecule has 0 spiro atoms. The van der Waals surface area contributed by atoms with Crippen LogP contribution in [0.1, 0.15) is 0 Å². The summed E-state index contributed by atoms with van der Waals surface area (Å²) in [7, 11) is 1.42. The lowest BCUT2D eigenvalue weighted by atomic mass is 10.4. The van der Waals surface area contributed by atoms with Crippen LogP contribution in [0.15, 0.2) is 0 Å². The monoisotopic (exact) mass is 160 g/mol. The molecule has 0 aromatic carbocycles. The second-order valence-corrected chi connectivity index (χ2v) is 2.21. The van der Waals surface area contributed by atoms with E-state index in [1.165, 1.54) is 7.11 Å². The number of nitrogens with zero attached hydrogens (tertiary/aromatic N) is 1. The highest BCUT2D eigenvalue weighted by atomic mass is 16.6. The fourth-order valence-corrected chi connectivity index (χ4v) is 0.918. The quantitative estimate of drug-likeness (QED) is 0.530. The molecule has 1 aliphatic rings. The Kier molecular flexibility index (Phi) is 3.13. The maximum absolute atomic E-state index is 11.0. The molecular weight excluding hydrogens is 148 g/mol. The number of carbonyl (C=O) groups excluding carboxylic acids is 1. The molecule has 0 bridgehead atoms. The van der Waals surface area contributed by atoms with Gasteiger partial charge in [-0.05, 0) is 0 Å². The van der Waals surface area contributed by atoms with Crippen LogP contribution < -0.4 is 5.48 Å². The Morgan fingerprint density at radius 3 is 2.73 bits per heavy atom. The predicted molar refractivity (Wildman–Crippen MR) is 37.9 cm³/mol. The summed E-state index contributed by atoms with van der Waals surface area (Å²) in [5, 5.41) is 0. The topological polar surface area (TPSA) is 50.8 Å². The van der Waals surface area contributed by atoms with Gasteiger partial charge >= 0.3 is 6.03 Å². The molecule has 0 radical (unpaired) electrons. The zero-order valence-electron chi connectivity index (χ0n) is 6.50. The first-order valence-electron chi connectivity index (χ1n) is 3.50. The molecular formula is C6H12N2O3. The summed E-state index contributed by atoms with van der Waals surface area (Å²) in [5.74, 6) is 0. The lowest BCUT2D eigenvalue weighted by molar-refractivity contribution is 0.0331. The van der Waals surface area contributed by atoms with E-state index in [9.17, 15) is 4.79 Å². The van der Waals surface area contributed by atoms with Gasteiger partial charge in [-0.3, -0.25) is 4.84 Å². The summed E-state index contributed by atoms with van der Waals surface area (Å²) in [5.41, 5.74) is 2.25. The standard InChI is InChI=1S/C6H12N2O3/c1-10-7-6(9)8-2-4-11-5-3-8/h2-5H2,1H3,(H,7,9). The third-order valence-corrected chi connectivity index (χ3v) is 1.49. The van der Waals surface area contributed by atoms with Crippen LogP contribution in [0.4, 0.5) is 4.79 Å². The molecule has 0 aromatic rings. The molecule has 0 unspecified atom stereocenters. The molecule has 1 fully saturated rings. The van der Waals surface area contributed by atoms with Gasteiger partial charge < -0.3 is 9.64 Å². The van der Waals surface area contributed by atoms with Crippen molar-refractivity contribution in [3.63, 3.8) is 0 Å². The number of morpholine rings is 1. The molecule has 11 heavy (non-hydrogen) atoms. The minimum atomic E-state index is -0.198. The average molecular weight is 160 g/mol. The van der Waals surface area contributed by atoms with E-state index in [1.54, 1.807) is 4.90 Å². The van der Waals surface area contributed by atoms with Crippen LogP contribution in [0.2, 0.25) is 0 Å². The van der Waals surface area contributed by atoms with Crippen LogP contribution in [-0.4, -0.2) is 44.3 Å². The first-order chi connectivity index (χ1) is 5.34. The summed E-state index contributed by atoms with van der Waals surface area (Å²) in [6, 6.07) is -0.198. The minimum Gasteiger partial charge on any atom is -0.378 e. The number of hydroxylamine groups is 1. The van der Waals surface area contributed by atoms with Crippen LogP contribution in [0.25, 0.3) is 0 Å². The van der Waals surface area contributed by atoms with Gasteiger partial charge in [-0.15, -0.1) is 0 Å². The van der Waals surface area contributed by atoms with Crippen LogP contribution in [0, 0.1) is 0 Å². The molecule has 1 heterocycles. The highest BCUT2D eigenvalue weighted by Crippen LogP contribution is 1.96. The second kappa shape index (κ2) is 4.15. The molecule has 64 valence electrons. The number of ether oxygens (including phenoxy) is 1. The Morgan fingerprint density at radius 2 is 2.18 bits per heavy atom. The van der Waals surface area contributed by atoms with Crippen LogP contribution >= 0.6 is 0 Å². The number of carbonyl (C=O) groups is 1. The molecule has 5 nitrogen and oxygen atoms in total. The van der Waals surface area contributed by atoms with Crippen molar-refractivity contribution < 1.29 is 14.4 Å². The van der Waals surface area contributed by atoms with Crippen LogP contribution in [0.3, 0.4) is 0 Å². The van der Waals surface area contributed by atoms with Gasteiger partial charge in [-0.2, -0.15) is 0 Å². The smallest absolute Gasteiger partial charge is 0.341 e. The number of rotatable bonds is 1. The predicted octanol–water partition coefficient (Wildman–Crippen LogP) is -0.410. The van der Waals surface area contributed by atoms with Crippen molar-refractivity contribution in [1.82, 2.24) is 10.4 Å². The SMILES string of the molecule is CONC(=O)N1CCOCC1. The van der Waals surface area contributed by atoms with E-state index in [0.717, 1.165) is 0 Å². The van der Waals surface area contributed by atoms with E-state index in [1.807, 2.05) is 0 Å². The van der Waals surface area contributed by atoms with Crippen LogP contribution in [0.5, 0.6) is 0 Å². The summed E-state index contributed by atoms with van der Waals surface area (Å²) in [6.45, 7) is 2.48. The van der Waals surface area contributed by atoms with Crippen molar-refractivity contribution in [3.05, 3.63) is 0 Å². The molecule has 1 rings (SSSR count). The lowest BCUT2D eigenvalue weighted by Gasteiger charge is -2.26. The molecule has 1 aliphatic heterocycles. The van der Waals surface area contributed by atoms with E-state index in [2.05, 4.69) is 10.3 Å². The van der Waals surface area contributed by atoms with Gasteiger partial charge in [0.15, 0.2) is 0 Å². The van der Waals surface area contributed by atoms with E-state index in [-0.39, 0.29) is 6.03 Å². The van der Waals surface area contributed by atoms with E-state index < -0.39 is 0 Å². The van der Waals surface area contributed by atoms with Crippen molar-refractivity contribution in [1.29, 1.82) is 0 Å². The van der Waals surface area contributed by atoms with Crippen molar-refractivity contribution in [2.75, 3.05) is 33.4 Å². The number of amides is 2. The molecule has 0 aromatic heterocycles. The highest BCUT2D eigenvalue weighted by molar-refractivity contribution is 5.73. The first kappa shape index (κ1) is 8.29. The normalized spacial score (nSPS) is 18.1. The molecule has 1 saturated heterocycles. The average Bonchev–Trinajstić information content (AvgIpc) is 2.07. The molecule has 1 N–H and O–H groups in total. The van der Waals surface area contributed by atoms with Gasteiger partial charge in [-0.25, -0.2) is 10.3 Å². The van der Waals surface area contributed by atoms with E-state index in [4.69, 9.17) is 4.74 Å². The maximum atomic E-state index is 11.0. The van der Waals surface area contributed by atoms with Gasteiger partial charge in [-0.1, -0.05) is 0 Å². The summed E-state index contributed by atoms with van der Waals surface area (Å²) in [6.07, 6.45) is 0. The van der Waals surface area contributed by atoms with Gasteiger partial charge in [0.25, 0.3) is 0 Å². The van der Waals surface area contributed by atoms with E-state index >= 15 is 0 Å². The maximum Gasteiger partial charge on any atom is 0.341 e. The van der Waals surface area contributed by atoms with Crippen molar-refractivity contribution >= 4 is 6.03 Å². The summed E-state index contributed by atoms with van der Waals surface area (Å²) >= 11 is 0. The second-order valence-electron chi connectivity index (χ2n) is 2.21. The van der Waals surface area contributed by atoms with Crippen molar-refractivity contribution in [3.8, 4) is 0 Å². The number of nitrogens with one attached hydrogen (secondary N) is 1. The Morgan fingerprint density at radius 1 is 1.55 bits per heavy atom. The fourth-order valence-electron chi connectivity index (χ4n) is 0.918. The molecule has 2 amide bonds. The summed E-state index contributed by atoms with van der Waals surface area (Å²) in [4.78, 5) is 17.2. The Bertz CT molecular complexity index is 134. The van der Waals surface area contributed by atoms with Crippen LogP contribution in [-0.2, 0) is 9.57 Å². The van der Waals surface area contributed by atoms with Gasteiger partial charge in [0.05, 0.1) is 20.3 Å². The minimum absolute atomic E-state index is 0.198. The van der Waals surface area contributed by atoms with Gasteiger partial charge in [0, 0.05) is 13.1 Å². The van der Waals surface area contributed by atoms with Gasteiger partial charge in [0.1, 0.15) is 0 Å². The number of hydrogen-bond acceptors (Lipinski definition) is 3. The highest BCUT2D eigenvalue weighted by Gasteiger charge is 2.15. The van der Waals surface area contributed by atoms with Crippen molar-refractivity contribution in [2.45, 2.75) is 0 Å². The Hall–Kier alpha value is -0.810.